The average Bonchev–Trinajstić information content (AvgIpc) is 2.73. The van der Waals surface area contributed by atoms with E-state index in [1.165, 1.54) is 0 Å². The van der Waals surface area contributed by atoms with Gasteiger partial charge in [-0.2, -0.15) is 0 Å². The Kier molecular flexibility index (Phi) is 2.92. The number of hydrogen-bond donors (Lipinski definition) is 2. The Balaban J connectivity index is 2.12. The first-order valence-corrected chi connectivity index (χ1v) is 5.74. The number of nitrogens with one attached hydrogen (secondary N) is 1. The minimum atomic E-state index is -0.309. The zero-order chi connectivity index (χ0) is 12.5. The summed E-state index contributed by atoms with van der Waals surface area (Å²) in [5.41, 5.74) is 6.27. The first-order chi connectivity index (χ1) is 8.05. The van der Waals surface area contributed by atoms with Gasteiger partial charge in [0.15, 0.2) is 0 Å². The van der Waals surface area contributed by atoms with Gasteiger partial charge in [-0.15, -0.1) is 0 Å². The summed E-state index contributed by atoms with van der Waals surface area (Å²) in [6.45, 7) is 3.59. The van der Waals surface area contributed by atoms with E-state index in [1.54, 1.807) is 19.3 Å². The minimum Gasteiger partial charge on any atom is -0.384 e. The largest absolute Gasteiger partial charge is 0.384 e. The molecule has 0 bridgehead atoms. The van der Waals surface area contributed by atoms with Gasteiger partial charge >= 0.3 is 0 Å². The molecule has 1 atom stereocenters. The molecular weight excluding hydrogens is 216 g/mol. The fourth-order valence-electron chi connectivity index (χ4n) is 2.25. The Morgan fingerprint density at radius 2 is 2.35 bits per heavy atom. The number of hydrogen-bond acceptors (Lipinski definition) is 4. The van der Waals surface area contributed by atoms with Crippen LogP contribution in [0.2, 0.25) is 0 Å². The highest BCUT2D eigenvalue weighted by Crippen LogP contribution is 2.33. The third-order valence-electron chi connectivity index (χ3n) is 3.38. The maximum absolute atomic E-state index is 11.8. The smallest absolute Gasteiger partial charge is 0.227 e. The lowest BCUT2D eigenvalue weighted by Crippen LogP contribution is -2.39. The molecule has 1 amide bonds. The van der Waals surface area contributed by atoms with E-state index >= 15 is 0 Å². The number of rotatable bonds is 2. The van der Waals surface area contributed by atoms with Gasteiger partial charge in [0.2, 0.25) is 5.91 Å². The summed E-state index contributed by atoms with van der Waals surface area (Å²) in [7, 11) is 1.68. The first-order valence-electron chi connectivity index (χ1n) is 5.74. The molecule has 1 fully saturated rings. The number of carbonyl (C=O) groups is 1. The van der Waals surface area contributed by atoms with Gasteiger partial charge in [-0.1, -0.05) is 0 Å². The molecule has 0 aromatic carbocycles. The molecule has 0 spiro atoms. The molecule has 92 valence electrons. The third kappa shape index (κ3) is 2.18. The lowest BCUT2D eigenvalue weighted by molar-refractivity contribution is -0.128. The predicted molar refractivity (Wildman–Crippen MR) is 67.7 cm³/mol. The molecule has 1 aliphatic rings. The Bertz CT molecular complexity index is 417. The molecule has 2 heterocycles. The average molecular weight is 234 g/mol. The standard InChI is InChI=1S/C12H18N4O/c1-12(11(17)14-2)5-6-16(8-12)9-3-4-10(13)15-7-9/h3-4,7H,5-6,8H2,1-2H3,(H2,13,15)(H,14,17). The van der Waals surface area contributed by atoms with Gasteiger partial charge in [0.1, 0.15) is 5.82 Å². The second-order valence-electron chi connectivity index (χ2n) is 4.75. The Hall–Kier alpha value is -1.78. The van der Waals surface area contributed by atoms with Crippen LogP contribution in [0.4, 0.5) is 11.5 Å². The quantitative estimate of drug-likeness (QED) is 0.787. The van der Waals surface area contributed by atoms with Crippen LogP contribution in [-0.2, 0) is 4.79 Å². The number of carbonyl (C=O) groups excluding carboxylic acids is 1. The van der Waals surface area contributed by atoms with Crippen LogP contribution in [0.25, 0.3) is 0 Å². The molecule has 0 saturated carbocycles. The fraction of sp³-hybridized carbons (Fsp3) is 0.500. The van der Waals surface area contributed by atoms with Gasteiger partial charge in [-0.05, 0) is 25.5 Å². The van der Waals surface area contributed by atoms with Crippen LogP contribution in [0.15, 0.2) is 18.3 Å². The molecule has 0 aliphatic carbocycles. The molecule has 1 aliphatic heterocycles. The van der Waals surface area contributed by atoms with Crippen molar-refractivity contribution in [1.29, 1.82) is 0 Å². The Morgan fingerprint density at radius 1 is 1.59 bits per heavy atom. The van der Waals surface area contributed by atoms with Crippen molar-refractivity contribution in [1.82, 2.24) is 10.3 Å². The van der Waals surface area contributed by atoms with Crippen molar-refractivity contribution in [3.8, 4) is 0 Å². The Morgan fingerprint density at radius 3 is 2.94 bits per heavy atom. The van der Waals surface area contributed by atoms with E-state index in [0.29, 0.717) is 5.82 Å². The maximum atomic E-state index is 11.8. The van der Waals surface area contributed by atoms with Crippen molar-refractivity contribution < 1.29 is 4.79 Å². The molecule has 5 nitrogen and oxygen atoms in total. The van der Waals surface area contributed by atoms with Crippen LogP contribution in [0.3, 0.4) is 0 Å². The number of aromatic nitrogens is 1. The van der Waals surface area contributed by atoms with Crippen LogP contribution >= 0.6 is 0 Å². The number of anilines is 2. The number of nitrogens with two attached hydrogens (primary N) is 1. The molecule has 1 unspecified atom stereocenters. The number of nitrogens with zero attached hydrogens (tertiary/aromatic N) is 2. The van der Waals surface area contributed by atoms with E-state index in [-0.39, 0.29) is 11.3 Å². The van der Waals surface area contributed by atoms with Crippen molar-refractivity contribution >= 4 is 17.4 Å². The third-order valence-corrected chi connectivity index (χ3v) is 3.38. The van der Waals surface area contributed by atoms with E-state index in [1.807, 2.05) is 13.0 Å². The van der Waals surface area contributed by atoms with E-state index in [4.69, 9.17) is 5.73 Å². The van der Waals surface area contributed by atoms with Crippen molar-refractivity contribution in [2.75, 3.05) is 30.8 Å². The van der Waals surface area contributed by atoms with Crippen molar-refractivity contribution in [2.24, 2.45) is 5.41 Å². The molecule has 0 radical (unpaired) electrons. The number of nitrogen functional groups attached to an aromatic ring is 1. The van der Waals surface area contributed by atoms with Gasteiger partial charge in [-0.25, -0.2) is 4.98 Å². The second-order valence-corrected chi connectivity index (χ2v) is 4.75. The molecule has 5 heteroatoms. The topological polar surface area (TPSA) is 71.2 Å². The summed E-state index contributed by atoms with van der Waals surface area (Å²) in [6.07, 6.45) is 2.61. The highest BCUT2D eigenvalue weighted by molar-refractivity contribution is 5.83. The minimum absolute atomic E-state index is 0.100. The summed E-state index contributed by atoms with van der Waals surface area (Å²) >= 11 is 0. The van der Waals surface area contributed by atoms with Crippen LogP contribution < -0.4 is 16.0 Å². The van der Waals surface area contributed by atoms with Gasteiger partial charge in [-0.3, -0.25) is 4.79 Å². The predicted octanol–water partition coefficient (Wildman–Crippen LogP) is 0.626. The van der Waals surface area contributed by atoms with Gasteiger partial charge in [0, 0.05) is 20.1 Å². The SMILES string of the molecule is CNC(=O)C1(C)CCN(c2ccc(N)nc2)C1. The fourth-order valence-corrected chi connectivity index (χ4v) is 2.25. The zero-order valence-electron chi connectivity index (χ0n) is 10.2. The van der Waals surface area contributed by atoms with Gasteiger partial charge < -0.3 is 16.0 Å². The summed E-state index contributed by atoms with van der Waals surface area (Å²) < 4.78 is 0. The highest BCUT2D eigenvalue weighted by Gasteiger charge is 2.39. The summed E-state index contributed by atoms with van der Waals surface area (Å²) in [4.78, 5) is 18.0. The monoisotopic (exact) mass is 234 g/mol. The lowest BCUT2D eigenvalue weighted by atomic mass is 9.89. The lowest BCUT2D eigenvalue weighted by Gasteiger charge is -2.23. The molecule has 1 aromatic rings. The van der Waals surface area contributed by atoms with Crippen LogP contribution in [0.5, 0.6) is 0 Å². The highest BCUT2D eigenvalue weighted by atomic mass is 16.2. The van der Waals surface area contributed by atoms with Gasteiger partial charge in [0.25, 0.3) is 0 Å². The van der Waals surface area contributed by atoms with Crippen LogP contribution in [-0.4, -0.2) is 31.0 Å². The summed E-state index contributed by atoms with van der Waals surface area (Å²) in [5, 5.41) is 2.73. The van der Waals surface area contributed by atoms with Gasteiger partial charge in [0.05, 0.1) is 17.3 Å². The molecule has 17 heavy (non-hydrogen) atoms. The second kappa shape index (κ2) is 4.24. The van der Waals surface area contributed by atoms with Crippen molar-refractivity contribution in [2.45, 2.75) is 13.3 Å². The van der Waals surface area contributed by atoms with E-state index in [2.05, 4.69) is 15.2 Å². The normalized spacial score (nSPS) is 23.8. The first kappa shape index (κ1) is 11.7. The Labute approximate surface area is 101 Å². The van der Waals surface area contributed by atoms with Crippen LogP contribution in [0, 0.1) is 5.41 Å². The van der Waals surface area contributed by atoms with E-state index in [0.717, 1.165) is 25.2 Å². The molecule has 3 N–H and O–H groups in total. The van der Waals surface area contributed by atoms with E-state index < -0.39 is 0 Å². The zero-order valence-corrected chi connectivity index (χ0v) is 10.2. The summed E-state index contributed by atoms with van der Waals surface area (Å²) in [6, 6.07) is 3.73. The molecule has 1 saturated heterocycles. The van der Waals surface area contributed by atoms with Crippen molar-refractivity contribution in [3.63, 3.8) is 0 Å². The maximum Gasteiger partial charge on any atom is 0.227 e. The van der Waals surface area contributed by atoms with Crippen molar-refractivity contribution in [3.05, 3.63) is 18.3 Å². The number of pyridine rings is 1. The molecular formula is C12H18N4O. The number of amides is 1. The van der Waals surface area contributed by atoms with E-state index in [9.17, 15) is 4.79 Å². The molecule has 2 rings (SSSR count). The summed E-state index contributed by atoms with van der Waals surface area (Å²) in [5.74, 6) is 0.616. The van der Waals surface area contributed by atoms with Crippen LogP contribution in [0.1, 0.15) is 13.3 Å². The molecule has 1 aromatic heterocycles.